The van der Waals surface area contributed by atoms with Crippen LogP contribution in [0.15, 0.2) is 6.07 Å². The molecule has 1 N–H and O–H groups in total. The van der Waals surface area contributed by atoms with E-state index in [-0.39, 0.29) is 11.7 Å². The molecule has 0 aliphatic heterocycles. The summed E-state index contributed by atoms with van der Waals surface area (Å²) in [4.78, 5) is 3.80. The van der Waals surface area contributed by atoms with E-state index < -0.39 is 11.6 Å². The van der Waals surface area contributed by atoms with Crippen LogP contribution in [-0.4, -0.2) is 18.1 Å². The molecule has 0 unspecified atom stereocenters. The van der Waals surface area contributed by atoms with Crippen molar-refractivity contribution >= 4 is 5.82 Å². The first-order valence-electron chi connectivity index (χ1n) is 5.91. The number of hydrogen-bond acceptors (Lipinski definition) is 3. The molecule has 0 saturated carbocycles. The van der Waals surface area contributed by atoms with Gasteiger partial charge in [-0.15, -0.1) is 0 Å². The van der Waals surface area contributed by atoms with Crippen LogP contribution in [0.5, 0.6) is 5.88 Å². The van der Waals surface area contributed by atoms with E-state index in [4.69, 9.17) is 4.74 Å². The Morgan fingerprint density at radius 2 is 2.00 bits per heavy atom. The van der Waals surface area contributed by atoms with Gasteiger partial charge < -0.3 is 10.1 Å². The molecule has 0 fully saturated rings. The van der Waals surface area contributed by atoms with Gasteiger partial charge in [-0.05, 0) is 12.8 Å². The third-order valence-electron chi connectivity index (χ3n) is 2.18. The summed E-state index contributed by atoms with van der Waals surface area (Å²) in [5.41, 5.74) is 0. The molecule has 0 aliphatic rings. The Balaban J connectivity index is 2.74. The summed E-state index contributed by atoms with van der Waals surface area (Å²) in [7, 11) is 0. The van der Waals surface area contributed by atoms with Crippen molar-refractivity contribution in [3.05, 3.63) is 17.7 Å². The lowest BCUT2D eigenvalue weighted by Gasteiger charge is -2.09. The average molecular weight is 244 g/mol. The van der Waals surface area contributed by atoms with E-state index in [0.717, 1.165) is 25.3 Å². The highest BCUT2D eigenvalue weighted by molar-refractivity contribution is 5.39. The molecule has 0 saturated heterocycles. The van der Waals surface area contributed by atoms with E-state index >= 15 is 0 Å². The van der Waals surface area contributed by atoms with Crippen molar-refractivity contribution in [3.8, 4) is 5.88 Å². The van der Waals surface area contributed by atoms with E-state index in [1.54, 1.807) is 0 Å². The molecular formula is C12H18F2N2O. The Morgan fingerprint density at radius 3 is 2.65 bits per heavy atom. The van der Waals surface area contributed by atoms with Crippen molar-refractivity contribution in [2.75, 3.05) is 18.5 Å². The summed E-state index contributed by atoms with van der Waals surface area (Å²) in [5.74, 6) is -1.56. The molecule has 5 heteroatoms. The quantitative estimate of drug-likeness (QED) is 0.747. The second-order valence-corrected chi connectivity index (χ2v) is 3.73. The minimum Gasteiger partial charge on any atom is -0.476 e. The van der Waals surface area contributed by atoms with Gasteiger partial charge in [0.25, 0.3) is 5.88 Å². The van der Waals surface area contributed by atoms with Gasteiger partial charge in [0.05, 0.1) is 6.61 Å². The number of rotatable bonds is 7. The first kappa shape index (κ1) is 13.7. The van der Waals surface area contributed by atoms with Crippen molar-refractivity contribution in [1.29, 1.82) is 0 Å². The Kier molecular flexibility index (Phi) is 5.66. The number of aromatic nitrogens is 1. The summed E-state index contributed by atoms with van der Waals surface area (Å²) >= 11 is 0. The lowest BCUT2D eigenvalue weighted by Crippen LogP contribution is -2.08. The molecule has 0 radical (unpaired) electrons. The topological polar surface area (TPSA) is 34.1 Å². The van der Waals surface area contributed by atoms with Gasteiger partial charge in [0.2, 0.25) is 0 Å². The second-order valence-electron chi connectivity index (χ2n) is 3.73. The normalized spacial score (nSPS) is 10.4. The smallest absolute Gasteiger partial charge is 0.252 e. The van der Waals surface area contributed by atoms with Crippen LogP contribution in [0, 0.1) is 11.6 Å². The van der Waals surface area contributed by atoms with Gasteiger partial charge in [0.1, 0.15) is 0 Å². The first-order valence-corrected chi connectivity index (χ1v) is 5.91. The standard InChI is InChI=1S/C12H18F2N2O/c1-3-5-7-17-12-10(14)8-9(13)11(16-12)15-6-4-2/h8H,3-7H2,1-2H3,(H,15,16). The van der Waals surface area contributed by atoms with E-state index in [1.807, 2.05) is 13.8 Å². The maximum Gasteiger partial charge on any atom is 0.252 e. The third kappa shape index (κ3) is 4.17. The number of nitrogens with one attached hydrogen (secondary N) is 1. The van der Waals surface area contributed by atoms with E-state index in [1.165, 1.54) is 0 Å². The predicted molar refractivity (Wildman–Crippen MR) is 63.3 cm³/mol. The van der Waals surface area contributed by atoms with Crippen LogP contribution < -0.4 is 10.1 Å². The molecule has 3 nitrogen and oxygen atoms in total. The number of ether oxygens (including phenoxy) is 1. The molecule has 1 aromatic rings. The van der Waals surface area contributed by atoms with Crippen LogP contribution in [0.2, 0.25) is 0 Å². The fourth-order valence-electron chi connectivity index (χ4n) is 1.23. The molecule has 1 rings (SSSR count). The third-order valence-corrected chi connectivity index (χ3v) is 2.18. The molecule has 0 aliphatic carbocycles. The van der Waals surface area contributed by atoms with Gasteiger partial charge in [0.15, 0.2) is 17.5 Å². The van der Waals surface area contributed by atoms with Gasteiger partial charge in [-0.1, -0.05) is 20.3 Å². The highest BCUT2D eigenvalue weighted by Crippen LogP contribution is 2.21. The molecule has 0 aromatic carbocycles. The summed E-state index contributed by atoms with van der Waals surface area (Å²) < 4.78 is 31.8. The number of anilines is 1. The van der Waals surface area contributed by atoms with Crippen LogP contribution in [0.4, 0.5) is 14.6 Å². The average Bonchev–Trinajstić information content (AvgIpc) is 2.31. The van der Waals surface area contributed by atoms with Crippen molar-refractivity contribution in [2.24, 2.45) is 0 Å². The first-order chi connectivity index (χ1) is 8.19. The van der Waals surface area contributed by atoms with Crippen molar-refractivity contribution in [2.45, 2.75) is 33.1 Å². The van der Waals surface area contributed by atoms with E-state index in [0.29, 0.717) is 13.2 Å². The largest absolute Gasteiger partial charge is 0.476 e. The summed E-state index contributed by atoms with van der Waals surface area (Å²) in [6.45, 7) is 4.93. The second kappa shape index (κ2) is 7.04. The fraction of sp³-hybridized carbons (Fsp3) is 0.583. The van der Waals surface area contributed by atoms with Gasteiger partial charge in [0, 0.05) is 12.6 Å². The van der Waals surface area contributed by atoms with Crippen molar-refractivity contribution < 1.29 is 13.5 Å². The van der Waals surface area contributed by atoms with Gasteiger partial charge in [-0.3, -0.25) is 0 Å². The summed E-state index contributed by atoms with van der Waals surface area (Å²) in [5, 5.41) is 2.79. The van der Waals surface area contributed by atoms with Crippen LogP contribution >= 0.6 is 0 Å². The van der Waals surface area contributed by atoms with E-state index in [9.17, 15) is 8.78 Å². The molecule has 1 heterocycles. The highest BCUT2D eigenvalue weighted by atomic mass is 19.1. The minimum atomic E-state index is -0.763. The van der Waals surface area contributed by atoms with Crippen molar-refractivity contribution in [1.82, 2.24) is 4.98 Å². The Bertz CT molecular complexity index is 359. The zero-order valence-corrected chi connectivity index (χ0v) is 10.2. The van der Waals surface area contributed by atoms with Crippen LogP contribution in [-0.2, 0) is 0 Å². The molecule has 0 bridgehead atoms. The summed E-state index contributed by atoms with van der Waals surface area (Å²) in [6.07, 6.45) is 2.60. The Labute approximate surface area is 100 Å². The molecule has 1 aromatic heterocycles. The maximum atomic E-state index is 13.3. The fourth-order valence-corrected chi connectivity index (χ4v) is 1.23. The molecule has 17 heavy (non-hydrogen) atoms. The molecular weight excluding hydrogens is 226 g/mol. The maximum absolute atomic E-state index is 13.3. The monoisotopic (exact) mass is 244 g/mol. The number of nitrogens with zero attached hydrogens (tertiary/aromatic N) is 1. The summed E-state index contributed by atoms with van der Waals surface area (Å²) in [6, 6.07) is 0.798. The van der Waals surface area contributed by atoms with Gasteiger partial charge >= 0.3 is 0 Å². The Morgan fingerprint density at radius 1 is 1.24 bits per heavy atom. The van der Waals surface area contributed by atoms with E-state index in [2.05, 4.69) is 10.3 Å². The predicted octanol–water partition coefficient (Wildman–Crippen LogP) is 3.36. The number of halogens is 2. The van der Waals surface area contributed by atoms with Crippen LogP contribution in [0.25, 0.3) is 0 Å². The van der Waals surface area contributed by atoms with Crippen LogP contribution in [0.3, 0.4) is 0 Å². The zero-order chi connectivity index (χ0) is 12.7. The van der Waals surface area contributed by atoms with Crippen molar-refractivity contribution in [3.63, 3.8) is 0 Å². The number of pyridine rings is 1. The molecule has 0 atom stereocenters. The number of unbranched alkanes of at least 4 members (excludes halogenated alkanes) is 1. The highest BCUT2D eigenvalue weighted by Gasteiger charge is 2.12. The van der Waals surface area contributed by atoms with Gasteiger partial charge in [-0.25, -0.2) is 8.78 Å². The lowest BCUT2D eigenvalue weighted by atomic mass is 10.3. The molecule has 96 valence electrons. The van der Waals surface area contributed by atoms with Gasteiger partial charge in [-0.2, -0.15) is 4.98 Å². The number of hydrogen-bond donors (Lipinski definition) is 1. The lowest BCUT2D eigenvalue weighted by molar-refractivity contribution is 0.281. The SMILES string of the molecule is CCCCOc1nc(NCCC)c(F)cc1F. The van der Waals surface area contributed by atoms with Crippen LogP contribution in [0.1, 0.15) is 33.1 Å². The molecule has 0 amide bonds. The Hall–Kier alpha value is -1.39. The minimum absolute atomic E-state index is 0.0414. The zero-order valence-electron chi connectivity index (χ0n) is 10.2. The molecule has 0 spiro atoms.